The summed E-state index contributed by atoms with van der Waals surface area (Å²) in [5, 5.41) is 24.4. The number of aliphatic hydroxyl groups excluding tert-OH is 1. The molecule has 1 aliphatic heterocycles. The van der Waals surface area contributed by atoms with Crippen LogP contribution in [0.15, 0.2) is 12.0 Å². The molecule has 4 N–H and O–H groups in total. The average molecular weight is 396 g/mol. The lowest BCUT2D eigenvalue weighted by Gasteiger charge is -2.30. The fraction of sp³-hybridized carbons (Fsp3) is 0.810. The molecule has 2 rings (SSSR count). The van der Waals surface area contributed by atoms with Crippen LogP contribution in [0.5, 0.6) is 0 Å². The van der Waals surface area contributed by atoms with Gasteiger partial charge >= 0.3 is 0 Å². The Morgan fingerprint density at radius 2 is 1.82 bits per heavy atom. The molecule has 1 saturated heterocycles. The highest BCUT2D eigenvalue weighted by Gasteiger charge is 2.32. The summed E-state index contributed by atoms with van der Waals surface area (Å²) in [6.07, 6.45) is 8.58. The maximum absolute atomic E-state index is 12.5. The van der Waals surface area contributed by atoms with Crippen molar-refractivity contribution < 1.29 is 19.4 Å². The van der Waals surface area contributed by atoms with Crippen molar-refractivity contribution in [2.24, 2.45) is 5.41 Å². The molecular weight excluding hydrogens is 358 g/mol. The molecule has 1 saturated carbocycles. The second-order valence-electron chi connectivity index (χ2n) is 9.14. The molecule has 1 unspecified atom stereocenters. The lowest BCUT2D eigenvalue weighted by atomic mass is 9.88. The van der Waals surface area contributed by atoms with Crippen molar-refractivity contribution in [3.8, 4) is 0 Å². The highest BCUT2D eigenvalue weighted by atomic mass is 16.7. The highest BCUT2D eigenvalue weighted by Crippen LogP contribution is 2.23. The number of hydrogen-bond donors (Lipinski definition) is 4. The Bertz CT molecular complexity index is 574. The lowest BCUT2D eigenvalue weighted by Crippen LogP contribution is -2.55. The number of nitrogens with one attached hydrogen (secondary N) is 3. The smallest absolute Gasteiger partial charge is 0.246 e. The molecule has 0 radical (unpaired) electrons. The molecule has 2 fully saturated rings. The van der Waals surface area contributed by atoms with E-state index in [2.05, 4.69) is 10.6 Å². The van der Waals surface area contributed by atoms with Gasteiger partial charge in [0.25, 0.3) is 0 Å². The Hall–Kier alpha value is -1.44. The maximum Gasteiger partial charge on any atom is 0.246 e. The van der Waals surface area contributed by atoms with Crippen molar-refractivity contribution in [3.63, 3.8) is 0 Å². The molecule has 28 heavy (non-hydrogen) atoms. The average Bonchev–Trinajstić information content (AvgIpc) is 3.13. The first-order valence-corrected chi connectivity index (χ1v) is 10.4. The first kappa shape index (κ1) is 22.8. The number of hydrogen-bond acceptors (Lipinski definition) is 6. The van der Waals surface area contributed by atoms with Gasteiger partial charge in [-0.2, -0.15) is 0 Å². The van der Waals surface area contributed by atoms with Crippen LogP contribution in [0.3, 0.4) is 0 Å². The molecule has 160 valence electrons. The van der Waals surface area contributed by atoms with Crippen molar-refractivity contribution in [2.75, 3.05) is 13.2 Å². The number of ether oxygens (including phenoxy) is 2. The molecule has 0 aromatic carbocycles. The Kier molecular flexibility index (Phi) is 8.04. The molecule has 0 aromatic rings. The molecule has 0 bridgehead atoms. The normalized spacial score (nSPS) is 22.3. The predicted molar refractivity (Wildman–Crippen MR) is 109 cm³/mol. The van der Waals surface area contributed by atoms with E-state index in [1.165, 1.54) is 18.9 Å². The zero-order chi connectivity index (χ0) is 20.8. The fourth-order valence-corrected chi connectivity index (χ4v) is 3.51. The van der Waals surface area contributed by atoms with E-state index in [1.54, 1.807) is 13.8 Å². The van der Waals surface area contributed by atoms with Crippen LogP contribution in [0.25, 0.3) is 0 Å². The maximum atomic E-state index is 12.5. The first-order valence-electron chi connectivity index (χ1n) is 10.4. The fourth-order valence-electron chi connectivity index (χ4n) is 3.51. The van der Waals surface area contributed by atoms with Crippen LogP contribution in [0.2, 0.25) is 0 Å². The van der Waals surface area contributed by atoms with Gasteiger partial charge in [0.1, 0.15) is 0 Å². The van der Waals surface area contributed by atoms with Gasteiger partial charge in [-0.3, -0.25) is 10.1 Å². The third-order valence-corrected chi connectivity index (χ3v) is 5.51. The van der Waals surface area contributed by atoms with E-state index in [0.717, 1.165) is 32.1 Å². The van der Waals surface area contributed by atoms with Gasteiger partial charge in [-0.15, -0.1) is 0 Å². The second kappa shape index (κ2) is 9.85. The number of carbonyl (C=O) groups excluding carboxylic acids is 1. The van der Waals surface area contributed by atoms with E-state index in [9.17, 15) is 9.90 Å². The zero-order valence-corrected chi connectivity index (χ0v) is 17.8. The van der Waals surface area contributed by atoms with Crippen molar-refractivity contribution >= 4 is 11.6 Å². The van der Waals surface area contributed by atoms with E-state index in [4.69, 9.17) is 14.9 Å². The topological polar surface area (TPSA) is 104 Å². The molecule has 1 amide bonds. The largest absolute Gasteiger partial charge is 0.494 e. The van der Waals surface area contributed by atoms with Gasteiger partial charge in [0.05, 0.1) is 12.1 Å². The molecule has 0 spiro atoms. The number of carbonyl (C=O) groups is 1. The van der Waals surface area contributed by atoms with Crippen LogP contribution >= 0.6 is 0 Å². The van der Waals surface area contributed by atoms with Gasteiger partial charge in [-0.25, -0.2) is 0 Å². The van der Waals surface area contributed by atoms with Crippen LogP contribution < -0.4 is 10.6 Å². The highest BCUT2D eigenvalue weighted by molar-refractivity contribution is 5.98. The van der Waals surface area contributed by atoms with Gasteiger partial charge in [-0.05, 0) is 46.0 Å². The first-order chi connectivity index (χ1) is 13.1. The molecule has 7 heteroatoms. The number of amides is 1. The summed E-state index contributed by atoms with van der Waals surface area (Å²) < 4.78 is 11.3. The summed E-state index contributed by atoms with van der Waals surface area (Å²) in [6.45, 7) is 8.37. The van der Waals surface area contributed by atoms with Gasteiger partial charge in [0, 0.05) is 29.9 Å². The molecule has 1 aliphatic carbocycles. The van der Waals surface area contributed by atoms with Crippen molar-refractivity contribution in [3.05, 3.63) is 12.0 Å². The number of allylic oxidation sites excluding steroid dienone is 1. The SMILES string of the molecule is CC(C)(COC1CCCCO1)C(=N)/C=C(\O)NC(=O)C(C)(C)NC1CCCC1. The quantitative estimate of drug-likeness (QED) is 0.354. The summed E-state index contributed by atoms with van der Waals surface area (Å²) in [5.41, 5.74) is -1.23. The Morgan fingerprint density at radius 3 is 2.43 bits per heavy atom. The summed E-state index contributed by atoms with van der Waals surface area (Å²) in [7, 11) is 0. The predicted octanol–water partition coefficient (Wildman–Crippen LogP) is 3.40. The van der Waals surface area contributed by atoms with Crippen molar-refractivity contribution in [1.82, 2.24) is 10.6 Å². The zero-order valence-electron chi connectivity index (χ0n) is 17.8. The van der Waals surface area contributed by atoms with Gasteiger partial charge < -0.3 is 25.3 Å². The molecule has 7 nitrogen and oxygen atoms in total. The minimum Gasteiger partial charge on any atom is -0.494 e. The summed E-state index contributed by atoms with van der Waals surface area (Å²) in [4.78, 5) is 12.5. The van der Waals surface area contributed by atoms with Crippen LogP contribution in [-0.2, 0) is 14.3 Å². The minimum absolute atomic E-state index is 0.183. The number of rotatable bonds is 9. The van der Waals surface area contributed by atoms with Crippen LogP contribution in [-0.4, -0.2) is 47.8 Å². The number of aliphatic hydroxyl groups is 1. The Labute approximate surface area is 168 Å². The van der Waals surface area contributed by atoms with E-state index in [0.29, 0.717) is 19.3 Å². The monoisotopic (exact) mass is 395 g/mol. The van der Waals surface area contributed by atoms with Gasteiger partial charge in [0.2, 0.25) is 5.91 Å². The summed E-state index contributed by atoms with van der Waals surface area (Å²) in [6, 6.07) is 0.336. The molecular formula is C21H37N3O4. The minimum atomic E-state index is -0.796. The lowest BCUT2D eigenvalue weighted by molar-refractivity contribution is -0.171. The van der Waals surface area contributed by atoms with Gasteiger partial charge in [-0.1, -0.05) is 26.7 Å². The third kappa shape index (κ3) is 6.87. The van der Waals surface area contributed by atoms with E-state index in [-0.39, 0.29) is 23.8 Å². The van der Waals surface area contributed by atoms with E-state index < -0.39 is 11.0 Å². The molecule has 2 aliphatic rings. The van der Waals surface area contributed by atoms with E-state index >= 15 is 0 Å². The Balaban J connectivity index is 1.85. The third-order valence-electron chi connectivity index (χ3n) is 5.51. The molecule has 0 aromatic heterocycles. The van der Waals surface area contributed by atoms with Crippen LogP contribution in [0.1, 0.15) is 72.6 Å². The molecule has 1 atom stereocenters. The van der Waals surface area contributed by atoms with Crippen molar-refractivity contribution in [2.45, 2.75) is 90.5 Å². The summed E-state index contributed by atoms with van der Waals surface area (Å²) in [5.74, 6) is -0.635. The molecule has 1 heterocycles. The van der Waals surface area contributed by atoms with Crippen LogP contribution in [0, 0.1) is 10.8 Å². The van der Waals surface area contributed by atoms with Gasteiger partial charge in [0.15, 0.2) is 12.2 Å². The van der Waals surface area contributed by atoms with Crippen molar-refractivity contribution in [1.29, 1.82) is 5.41 Å². The van der Waals surface area contributed by atoms with E-state index in [1.807, 2.05) is 13.8 Å². The second-order valence-corrected chi connectivity index (χ2v) is 9.14. The summed E-state index contributed by atoms with van der Waals surface area (Å²) >= 11 is 0. The van der Waals surface area contributed by atoms with Crippen LogP contribution in [0.4, 0.5) is 0 Å². The Morgan fingerprint density at radius 1 is 1.18 bits per heavy atom. The standard InChI is InChI=1S/C21H37N3O4/c1-20(2,14-28-18-11-7-8-12-27-18)16(22)13-17(25)23-19(26)21(3,4)24-15-9-5-6-10-15/h13,15,18,22,24-25H,5-12,14H2,1-4H3,(H,23,26)/b17-13-,22-16?.